The number of hydrogen-bond donors (Lipinski definition) is 1. The van der Waals surface area contributed by atoms with Crippen molar-refractivity contribution in [1.29, 1.82) is 0 Å². The van der Waals surface area contributed by atoms with Gasteiger partial charge in [0.15, 0.2) is 9.84 Å². The highest BCUT2D eigenvalue weighted by atomic mass is 79.9. The number of nitrogen functional groups attached to an aromatic ring is 1. The Balaban J connectivity index is 2.56. The number of ether oxygens (including phenoxy) is 1. The summed E-state index contributed by atoms with van der Waals surface area (Å²) in [6.07, 6.45) is 0.936. The molecule has 0 amide bonds. The quantitative estimate of drug-likeness (QED) is 0.606. The van der Waals surface area contributed by atoms with Crippen LogP contribution in [0, 0.1) is 5.92 Å². The zero-order valence-corrected chi connectivity index (χ0v) is 13.6. The summed E-state index contributed by atoms with van der Waals surface area (Å²) in [5.41, 5.74) is 6.12. The zero-order valence-electron chi connectivity index (χ0n) is 11.2. The lowest BCUT2D eigenvalue weighted by molar-refractivity contribution is 0.137. The van der Waals surface area contributed by atoms with Crippen LogP contribution < -0.4 is 5.73 Å². The predicted molar refractivity (Wildman–Crippen MR) is 80.9 cm³/mol. The normalized spacial score (nSPS) is 12.0. The van der Waals surface area contributed by atoms with Gasteiger partial charge in [0.1, 0.15) is 0 Å². The summed E-state index contributed by atoms with van der Waals surface area (Å²) in [5.74, 6) is 0.538. The molecule has 0 aliphatic carbocycles. The van der Waals surface area contributed by atoms with Crippen molar-refractivity contribution in [2.45, 2.75) is 25.2 Å². The van der Waals surface area contributed by atoms with Crippen LogP contribution in [-0.4, -0.2) is 27.4 Å². The van der Waals surface area contributed by atoms with E-state index in [9.17, 15) is 8.42 Å². The maximum Gasteiger partial charge on any atom is 0.181 e. The molecular formula is C13H20BrNO3S. The van der Waals surface area contributed by atoms with Gasteiger partial charge in [0.25, 0.3) is 0 Å². The Hall–Kier alpha value is -0.590. The Morgan fingerprint density at radius 2 is 2.00 bits per heavy atom. The van der Waals surface area contributed by atoms with Gasteiger partial charge < -0.3 is 10.5 Å². The Kier molecular flexibility index (Phi) is 6.29. The molecule has 0 saturated carbocycles. The fraction of sp³-hybridized carbons (Fsp3) is 0.538. The average Bonchev–Trinajstić information content (AvgIpc) is 2.27. The molecule has 0 bridgehead atoms. The summed E-state index contributed by atoms with van der Waals surface area (Å²) in [4.78, 5) is 0.258. The molecule has 0 unspecified atom stereocenters. The van der Waals surface area contributed by atoms with Crippen molar-refractivity contribution in [3.05, 3.63) is 22.7 Å². The van der Waals surface area contributed by atoms with Crippen molar-refractivity contribution in [1.82, 2.24) is 0 Å². The minimum Gasteiger partial charge on any atom is -0.399 e. The predicted octanol–water partition coefficient (Wildman–Crippen LogP) is 2.87. The molecule has 19 heavy (non-hydrogen) atoms. The molecule has 2 N–H and O–H groups in total. The summed E-state index contributed by atoms with van der Waals surface area (Å²) in [7, 11) is -3.34. The second kappa shape index (κ2) is 7.26. The van der Waals surface area contributed by atoms with Crippen LogP contribution in [0.1, 0.15) is 20.3 Å². The SMILES string of the molecule is CC(C)CCOCCS(=O)(=O)c1ccc(N)cc1Br. The molecule has 6 heteroatoms. The van der Waals surface area contributed by atoms with E-state index in [0.29, 0.717) is 22.7 Å². The molecule has 0 radical (unpaired) electrons. The minimum absolute atomic E-state index is 0.0202. The molecule has 1 rings (SSSR count). The lowest BCUT2D eigenvalue weighted by atomic mass is 10.1. The van der Waals surface area contributed by atoms with Gasteiger partial charge in [-0.25, -0.2) is 8.42 Å². The van der Waals surface area contributed by atoms with Crippen LogP contribution in [0.5, 0.6) is 0 Å². The van der Waals surface area contributed by atoms with Crippen molar-refractivity contribution >= 4 is 31.5 Å². The van der Waals surface area contributed by atoms with Gasteiger partial charge in [-0.3, -0.25) is 0 Å². The van der Waals surface area contributed by atoms with Crippen LogP contribution in [0.4, 0.5) is 5.69 Å². The minimum atomic E-state index is -3.34. The third kappa shape index (κ3) is 5.50. The van der Waals surface area contributed by atoms with Crippen molar-refractivity contribution in [2.24, 2.45) is 5.92 Å². The molecule has 0 fully saturated rings. The summed E-state index contributed by atoms with van der Waals surface area (Å²) in [5, 5.41) is 0. The number of sulfone groups is 1. The molecule has 0 aliphatic heterocycles. The van der Waals surface area contributed by atoms with Gasteiger partial charge >= 0.3 is 0 Å². The summed E-state index contributed by atoms with van der Waals surface area (Å²) >= 11 is 3.22. The van der Waals surface area contributed by atoms with E-state index >= 15 is 0 Å². The molecule has 0 heterocycles. The van der Waals surface area contributed by atoms with Crippen LogP contribution in [0.25, 0.3) is 0 Å². The third-order valence-corrected chi connectivity index (χ3v) is 5.28. The zero-order chi connectivity index (χ0) is 14.5. The van der Waals surface area contributed by atoms with E-state index in [1.165, 1.54) is 6.07 Å². The highest BCUT2D eigenvalue weighted by Gasteiger charge is 2.17. The smallest absolute Gasteiger partial charge is 0.181 e. The molecule has 4 nitrogen and oxygen atoms in total. The summed E-state index contributed by atoms with van der Waals surface area (Å²) in [6.45, 7) is 5.01. The molecule has 0 aliphatic rings. The number of nitrogens with two attached hydrogens (primary N) is 1. The molecule has 0 aromatic heterocycles. The number of benzene rings is 1. The lowest BCUT2D eigenvalue weighted by Crippen LogP contribution is -2.14. The molecule has 1 aromatic carbocycles. The van der Waals surface area contributed by atoms with Crippen molar-refractivity contribution in [3.8, 4) is 0 Å². The van der Waals surface area contributed by atoms with E-state index in [1.807, 2.05) is 0 Å². The first-order valence-electron chi connectivity index (χ1n) is 6.18. The molecular weight excluding hydrogens is 330 g/mol. The standard InChI is InChI=1S/C13H20BrNO3S/c1-10(2)5-6-18-7-8-19(16,17)13-4-3-11(15)9-12(13)14/h3-4,9-10H,5-8,15H2,1-2H3. The van der Waals surface area contributed by atoms with Crippen molar-refractivity contribution in [2.75, 3.05) is 24.7 Å². The Morgan fingerprint density at radius 1 is 1.32 bits per heavy atom. The van der Waals surface area contributed by atoms with Gasteiger partial charge in [-0.15, -0.1) is 0 Å². The highest BCUT2D eigenvalue weighted by Crippen LogP contribution is 2.25. The Bertz CT molecular complexity index is 515. The van der Waals surface area contributed by atoms with Gasteiger partial charge in [0, 0.05) is 16.8 Å². The van der Waals surface area contributed by atoms with E-state index in [4.69, 9.17) is 10.5 Å². The van der Waals surface area contributed by atoms with Gasteiger partial charge in [0.05, 0.1) is 17.3 Å². The first-order valence-corrected chi connectivity index (χ1v) is 8.63. The third-order valence-electron chi connectivity index (χ3n) is 2.63. The summed E-state index contributed by atoms with van der Waals surface area (Å²) < 4.78 is 30.1. The lowest BCUT2D eigenvalue weighted by Gasteiger charge is -2.09. The maximum atomic E-state index is 12.1. The first kappa shape index (κ1) is 16.5. The van der Waals surface area contributed by atoms with Crippen LogP contribution >= 0.6 is 15.9 Å². The van der Waals surface area contributed by atoms with E-state index < -0.39 is 9.84 Å². The number of anilines is 1. The first-order chi connectivity index (χ1) is 8.83. The van der Waals surface area contributed by atoms with Crippen molar-refractivity contribution < 1.29 is 13.2 Å². The Labute approximate surface area is 123 Å². The van der Waals surface area contributed by atoms with Gasteiger partial charge in [0.2, 0.25) is 0 Å². The maximum absolute atomic E-state index is 12.1. The second-order valence-electron chi connectivity index (χ2n) is 4.80. The van der Waals surface area contributed by atoms with Crippen LogP contribution in [0.2, 0.25) is 0 Å². The van der Waals surface area contributed by atoms with Gasteiger partial charge in [-0.2, -0.15) is 0 Å². The van der Waals surface area contributed by atoms with Crippen LogP contribution in [-0.2, 0) is 14.6 Å². The number of halogens is 1. The number of rotatable bonds is 7. The van der Waals surface area contributed by atoms with Crippen molar-refractivity contribution in [3.63, 3.8) is 0 Å². The average molecular weight is 350 g/mol. The van der Waals surface area contributed by atoms with E-state index in [0.717, 1.165) is 6.42 Å². The van der Waals surface area contributed by atoms with Gasteiger partial charge in [-0.05, 0) is 46.5 Å². The highest BCUT2D eigenvalue weighted by molar-refractivity contribution is 9.10. The monoisotopic (exact) mass is 349 g/mol. The fourth-order valence-corrected chi connectivity index (χ4v) is 3.79. The molecule has 0 spiro atoms. The van der Waals surface area contributed by atoms with Crippen LogP contribution in [0.15, 0.2) is 27.6 Å². The largest absolute Gasteiger partial charge is 0.399 e. The van der Waals surface area contributed by atoms with Gasteiger partial charge in [-0.1, -0.05) is 13.8 Å². The second-order valence-corrected chi connectivity index (χ2v) is 7.74. The number of hydrogen-bond acceptors (Lipinski definition) is 4. The van der Waals surface area contributed by atoms with E-state index in [2.05, 4.69) is 29.8 Å². The molecule has 1 aromatic rings. The van der Waals surface area contributed by atoms with E-state index in [1.54, 1.807) is 12.1 Å². The van der Waals surface area contributed by atoms with Crippen LogP contribution in [0.3, 0.4) is 0 Å². The fourth-order valence-electron chi connectivity index (χ4n) is 1.47. The Morgan fingerprint density at radius 3 is 2.58 bits per heavy atom. The molecule has 108 valence electrons. The molecule has 0 atom stereocenters. The summed E-state index contributed by atoms with van der Waals surface area (Å²) in [6, 6.07) is 4.69. The topological polar surface area (TPSA) is 69.4 Å². The van der Waals surface area contributed by atoms with E-state index in [-0.39, 0.29) is 17.3 Å². The molecule has 0 saturated heterocycles.